The first-order valence-electron chi connectivity index (χ1n) is 6.56. The van der Waals surface area contributed by atoms with Crippen LogP contribution in [0, 0.1) is 0 Å². The van der Waals surface area contributed by atoms with Crippen LogP contribution in [0.4, 0.5) is 0 Å². The summed E-state index contributed by atoms with van der Waals surface area (Å²) in [6, 6.07) is 4.19. The van der Waals surface area contributed by atoms with Gasteiger partial charge in [-0.05, 0) is 18.6 Å². The second-order valence-corrected chi connectivity index (χ2v) is 6.54. The number of nitrogens with two attached hydrogens (primary N) is 1. The molecule has 19 heavy (non-hydrogen) atoms. The van der Waals surface area contributed by atoms with Crippen LogP contribution in [0.1, 0.15) is 24.3 Å². The van der Waals surface area contributed by atoms with Gasteiger partial charge in [-0.1, -0.05) is 11.6 Å². The van der Waals surface area contributed by atoms with Gasteiger partial charge in [-0.2, -0.15) is 0 Å². The Labute approximate surface area is 123 Å². The standard InChI is InChI=1S/C13H20ClN3OS/c1-10(18)16-5-2-6-17(8-7-16)11(9-15)12-3-4-13(14)19-12/h3-4,11H,2,5-9,15H2,1H3. The maximum atomic E-state index is 11.4. The molecule has 1 saturated heterocycles. The molecule has 2 N–H and O–H groups in total. The number of hydrogen-bond acceptors (Lipinski definition) is 4. The van der Waals surface area contributed by atoms with Crippen LogP contribution in [0.5, 0.6) is 0 Å². The minimum atomic E-state index is 0.158. The lowest BCUT2D eigenvalue weighted by molar-refractivity contribution is -0.128. The number of thiophene rings is 1. The minimum absolute atomic E-state index is 0.158. The predicted octanol–water partition coefficient (Wildman–Crippen LogP) is 1.96. The van der Waals surface area contributed by atoms with Gasteiger partial charge >= 0.3 is 0 Å². The van der Waals surface area contributed by atoms with E-state index in [1.54, 1.807) is 18.3 Å². The summed E-state index contributed by atoms with van der Waals surface area (Å²) in [5.41, 5.74) is 5.93. The molecule has 1 aliphatic heterocycles. The van der Waals surface area contributed by atoms with E-state index in [4.69, 9.17) is 17.3 Å². The third-order valence-corrected chi connectivity index (χ3v) is 4.89. The smallest absolute Gasteiger partial charge is 0.219 e. The van der Waals surface area contributed by atoms with Crippen LogP contribution in [0.2, 0.25) is 4.34 Å². The highest BCUT2D eigenvalue weighted by molar-refractivity contribution is 7.16. The molecule has 0 spiro atoms. The highest BCUT2D eigenvalue weighted by atomic mass is 35.5. The Morgan fingerprint density at radius 3 is 2.79 bits per heavy atom. The monoisotopic (exact) mass is 301 g/mol. The summed E-state index contributed by atoms with van der Waals surface area (Å²) >= 11 is 7.59. The van der Waals surface area contributed by atoms with Gasteiger partial charge in [0.25, 0.3) is 0 Å². The fraction of sp³-hybridized carbons (Fsp3) is 0.615. The maximum absolute atomic E-state index is 11.4. The molecule has 1 atom stereocenters. The van der Waals surface area contributed by atoms with Crippen LogP contribution in [-0.4, -0.2) is 48.4 Å². The van der Waals surface area contributed by atoms with E-state index in [0.29, 0.717) is 6.54 Å². The molecule has 0 radical (unpaired) electrons. The zero-order chi connectivity index (χ0) is 13.8. The van der Waals surface area contributed by atoms with Crippen molar-refractivity contribution in [3.63, 3.8) is 0 Å². The summed E-state index contributed by atoms with van der Waals surface area (Å²) in [7, 11) is 0. The second kappa shape index (κ2) is 6.70. The largest absolute Gasteiger partial charge is 0.342 e. The molecule has 1 fully saturated rings. The molecular formula is C13H20ClN3OS. The molecule has 2 rings (SSSR count). The van der Waals surface area contributed by atoms with Gasteiger partial charge in [0.05, 0.1) is 10.4 Å². The second-order valence-electron chi connectivity index (χ2n) is 4.79. The van der Waals surface area contributed by atoms with E-state index in [1.165, 1.54) is 4.88 Å². The van der Waals surface area contributed by atoms with E-state index < -0.39 is 0 Å². The van der Waals surface area contributed by atoms with Gasteiger partial charge in [-0.3, -0.25) is 9.69 Å². The van der Waals surface area contributed by atoms with Crippen LogP contribution in [0.3, 0.4) is 0 Å². The third-order valence-electron chi connectivity index (χ3n) is 3.56. The zero-order valence-electron chi connectivity index (χ0n) is 11.1. The molecule has 0 saturated carbocycles. The molecule has 1 aromatic heterocycles. The number of halogens is 1. The number of nitrogens with zero attached hydrogens (tertiary/aromatic N) is 2. The fourth-order valence-electron chi connectivity index (χ4n) is 2.52. The van der Waals surface area contributed by atoms with Crippen molar-refractivity contribution in [2.45, 2.75) is 19.4 Å². The summed E-state index contributed by atoms with van der Waals surface area (Å²) < 4.78 is 0.800. The normalized spacial score (nSPS) is 19.2. The average Bonchev–Trinajstić information content (AvgIpc) is 2.65. The Balaban J connectivity index is 2.05. The molecule has 106 valence electrons. The van der Waals surface area contributed by atoms with E-state index >= 15 is 0 Å². The van der Waals surface area contributed by atoms with Gasteiger partial charge in [0.2, 0.25) is 5.91 Å². The molecule has 6 heteroatoms. The average molecular weight is 302 g/mol. The SMILES string of the molecule is CC(=O)N1CCCN(C(CN)c2ccc(Cl)s2)CC1. The molecule has 1 aliphatic rings. The molecule has 0 aliphatic carbocycles. The van der Waals surface area contributed by atoms with Crippen LogP contribution < -0.4 is 5.73 Å². The highest BCUT2D eigenvalue weighted by Crippen LogP contribution is 2.30. The lowest BCUT2D eigenvalue weighted by Crippen LogP contribution is -2.37. The fourth-order valence-corrected chi connectivity index (χ4v) is 3.73. The van der Waals surface area contributed by atoms with Crippen molar-refractivity contribution in [2.75, 3.05) is 32.7 Å². The summed E-state index contributed by atoms with van der Waals surface area (Å²) in [5, 5.41) is 0. The van der Waals surface area contributed by atoms with E-state index in [9.17, 15) is 4.79 Å². The van der Waals surface area contributed by atoms with Gasteiger partial charge in [-0.15, -0.1) is 11.3 Å². The van der Waals surface area contributed by atoms with Crippen molar-refractivity contribution < 1.29 is 4.79 Å². The molecule has 1 aromatic rings. The van der Waals surface area contributed by atoms with Crippen LogP contribution in [-0.2, 0) is 4.79 Å². The Morgan fingerprint density at radius 1 is 1.42 bits per heavy atom. The van der Waals surface area contributed by atoms with Gasteiger partial charge in [-0.25, -0.2) is 0 Å². The number of hydrogen-bond donors (Lipinski definition) is 1. The van der Waals surface area contributed by atoms with Crippen molar-refractivity contribution in [1.82, 2.24) is 9.80 Å². The third kappa shape index (κ3) is 3.69. The predicted molar refractivity (Wildman–Crippen MR) is 79.6 cm³/mol. The molecular weight excluding hydrogens is 282 g/mol. The first-order chi connectivity index (χ1) is 9.11. The van der Waals surface area contributed by atoms with Gasteiger partial charge < -0.3 is 10.6 Å². The van der Waals surface area contributed by atoms with Crippen molar-refractivity contribution in [1.29, 1.82) is 0 Å². The summed E-state index contributed by atoms with van der Waals surface area (Å²) in [4.78, 5) is 16.9. The van der Waals surface area contributed by atoms with Crippen molar-refractivity contribution in [3.8, 4) is 0 Å². The quantitative estimate of drug-likeness (QED) is 0.928. The van der Waals surface area contributed by atoms with E-state index in [1.807, 2.05) is 11.0 Å². The van der Waals surface area contributed by atoms with Crippen LogP contribution in [0.25, 0.3) is 0 Å². The Hall–Kier alpha value is -0.620. The summed E-state index contributed by atoms with van der Waals surface area (Å²) in [6.07, 6.45) is 0.995. The molecule has 0 bridgehead atoms. The number of rotatable bonds is 3. The number of carbonyl (C=O) groups excluding carboxylic acids is 1. The highest BCUT2D eigenvalue weighted by Gasteiger charge is 2.24. The Kier molecular flexibility index (Phi) is 5.21. The summed E-state index contributed by atoms with van der Waals surface area (Å²) in [5.74, 6) is 0.158. The van der Waals surface area contributed by atoms with E-state index in [-0.39, 0.29) is 11.9 Å². The number of amides is 1. The number of carbonyl (C=O) groups is 1. The molecule has 1 amide bonds. The first-order valence-corrected chi connectivity index (χ1v) is 7.76. The summed E-state index contributed by atoms with van der Waals surface area (Å²) in [6.45, 7) is 5.68. The zero-order valence-corrected chi connectivity index (χ0v) is 12.7. The van der Waals surface area contributed by atoms with Gasteiger partial charge in [0.1, 0.15) is 0 Å². The van der Waals surface area contributed by atoms with Crippen LogP contribution in [0.15, 0.2) is 12.1 Å². The minimum Gasteiger partial charge on any atom is -0.342 e. The van der Waals surface area contributed by atoms with E-state index in [0.717, 1.165) is 36.9 Å². The molecule has 1 unspecified atom stereocenters. The Morgan fingerprint density at radius 2 is 2.21 bits per heavy atom. The molecule has 0 aromatic carbocycles. The van der Waals surface area contributed by atoms with Crippen molar-refractivity contribution in [3.05, 3.63) is 21.3 Å². The topological polar surface area (TPSA) is 49.6 Å². The lowest BCUT2D eigenvalue weighted by Gasteiger charge is -2.28. The van der Waals surface area contributed by atoms with E-state index in [2.05, 4.69) is 11.0 Å². The Bertz CT molecular complexity index is 437. The molecule has 4 nitrogen and oxygen atoms in total. The lowest BCUT2D eigenvalue weighted by atomic mass is 10.2. The van der Waals surface area contributed by atoms with Crippen LogP contribution >= 0.6 is 22.9 Å². The van der Waals surface area contributed by atoms with Crippen molar-refractivity contribution >= 4 is 28.8 Å². The van der Waals surface area contributed by atoms with Gasteiger partial charge in [0.15, 0.2) is 0 Å². The maximum Gasteiger partial charge on any atom is 0.219 e. The van der Waals surface area contributed by atoms with Gasteiger partial charge in [0, 0.05) is 44.5 Å². The first kappa shape index (κ1) is 14.8. The van der Waals surface area contributed by atoms with Crippen molar-refractivity contribution in [2.24, 2.45) is 5.73 Å². The molecule has 2 heterocycles.